The second kappa shape index (κ2) is 16.8. The molecule has 0 radical (unpaired) electrons. The minimum atomic E-state index is -1.27. The van der Waals surface area contributed by atoms with Crippen LogP contribution in [0.2, 0.25) is 0 Å². The van der Waals surface area contributed by atoms with Gasteiger partial charge in [-0.15, -0.1) is 0 Å². The standard InChI is InChI=1S/C29H36N6O9/c1-16(25(40)31-15-24(38)39)34-29(44)22(13-19-9-11-21(36)12-10-19)35-27(42)18(3)33-26(41)17(2)32-23(37)14-30-28(43)20-7-5-4-6-8-20/h4-12,16-18,22,36H,13-15H2,1-3H3,(H,30,43)(H,31,40)(H,32,37)(H,33,41)(H,34,44)(H,35,42)(H,38,39)/t16-,17-,18-,22-/m0/s1. The van der Waals surface area contributed by atoms with Gasteiger partial charge in [-0.1, -0.05) is 30.3 Å². The normalized spacial score (nSPS) is 13.2. The smallest absolute Gasteiger partial charge is 0.322 e. The van der Waals surface area contributed by atoms with Crippen LogP contribution in [0.25, 0.3) is 0 Å². The Morgan fingerprint density at radius 1 is 0.636 bits per heavy atom. The molecule has 2 aromatic rings. The summed E-state index contributed by atoms with van der Waals surface area (Å²) in [5.74, 6) is -5.38. The number of benzene rings is 2. The summed E-state index contributed by atoms with van der Waals surface area (Å²) >= 11 is 0. The molecule has 15 heteroatoms. The summed E-state index contributed by atoms with van der Waals surface area (Å²) in [6, 6.07) is 9.47. The Morgan fingerprint density at radius 3 is 1.80 bits per heavy atom. The molecule has 8 N–H and O–H groups in total. The minimum Gasteiger partial charge on any atom is -0.508 e. The maximum absolute atomic E-state index is 13.0. The highest BCUT2D eigenvalue weighted by molar-refractivity contribution is 5.98. The number of aliphatic carboxylic acids is 1. The second-order valence-electron chi connectivity index (χ2n) is 9.84. The lowest BCUT2D eigenvalue weighted by Crippen LogP contribution is -2.57. The van der Waals surface area contributed by atoms with Crippen LogP contribution in [0.5, 0.6) is 5.75 Å². The number of amides is 6. The molecule has 0 aliphatic heterocycles. The topological polar surface area (TPSA) is 232 Å². The molecule has 0 bridgehead atoms. The molecule has 0 fully saturated rings. The Hall–Kier alpha value is -5.47. The number of aromatic hydroxyl groups is 1. The molecule has 0 heterocycles. The van der Waals surface area contributed by atoms with Crippen molar-refractivity contribution in [3.05, 3.63) is 65.7 Å². The van der Waals surface area contributed by atoms with Crippen LogP contribution in [0.1, 0.15) is 36.7 Å². The van der Waals surface area contributed by atoms with Crippen molar-refractivity contribution in [2.45, 2.75) is 51.4 Å². The van der Waals surface area contributed by atoms with Gasteiger partial charge in [-0.05, 0) is 50.6 Å². The van der Waals surface area contributed by atoms with E-state index in [-0.39, 0.29) is 18.7 Å². The van der Waals surface area contributed by atoms with Crippen LogP contribution < -0.4 is 31.9 Å². The summed E-state index contributed by atoms with van der Waals surface area (Å²) in [7, 11) is 0. The van der Waals surface area contributed by atoms with Gasteiger partial charge in [0, 0.05) is 12.0 Å². The third-order valence-electron chi connectivity index (χ3n) is 6.14. The van der Waals surface area contributed by atoms with Gasteiger partial charge in [-0.25, -0.2) is 0 Å². The van der Waals surface area contributed by atoms with Gasteiger partial charge >= 0.3 is 5.97 Å². The van der Waals surface area contributed by atoms with Gasteiger partial charge in [0.25, 0.3) is 5.91 Å². The molecular weight excluding hydrogens is 576 g/mol. The van der Waals surface area contributed by atoms with Gasteiger partial charge in [-0.2, -0.15) is 0 Å². The Labute approximate surface area is 253 Å². The number of phenolic OH excluding ortho intramolecular Hbond substituents is 1. The molecule has 0 unspecified atom stereocenters. The molecule has 2 aromatic carbocycles. The summed E-state index contributed by atoms with van der Waals surface area (Å²) < 4.78 is 0. The van der Waals surface area contributed by atoms with Gasteiger partial charge in [0.1, 0.15) is 36.5 Å². The zero-order chi connectivity index (χ0) is 32.8. The first-order valence-electron chi connectivity index (χ1n) is 13.6. The zero-order valence-corrected chi connectivity index (χ0v) is 24.4. The molecule has 0 aliphatic rings. The van der Waals surface area contributed by atoms with Gasteiger partial charge in [-0.3, -0.25) is 33.6 Å². The summed E-state index contributed by atoms with van der Waals surface area (Å²) in [6.07, 6.45) is -0.0524. The lowest BCUT2D eigenvalue weighted by molar-refractivity contribution is -0.138. The maximum atomic E-state index is 13.0. The number of nitrogens with one attached hydrogen (secondary N) is 6. The summed E-state index contributed by atoms with van der Waals surface area (Å²) in [5, 5.41) is 32.7. The van der Waals surface area contributed by atoms with Gasteiger partial charge in [0.15, 0.2) is 0 Å². The predicted molar refractivity (Wildman–Crippen MR) is 156 cm³/mol. The quantitative estimate of drug-likeness (QED) is 0.118. The first kappa shape index (κ1) is 34.7. The van der Waals surface area contributed by atoms with E-state index in [9.17, 15) is 38.7 Å². The molecule has 0 saturated carbocycles. The molecule has 4 atom stereocenters. The molecule has 0 saturated heterocycles. The number of carboxylic acid groups (broad SMARTS) is 1. The van der Waals surface area contributed by atoms with E-state index in [0.717, 1.165) is 0 Å². The monoisotopic (exact) mass is 612 g/mol. The number of hydrogen-bond donors (Lipinski definition) is 8. The van der Waals surface area contributed by atoms with E-state index in [0.29, 0.717) is 11.1 Å². The van der Waals surface area contributed by atoms with E-state index in [4.69, 9.17) is 5.11 Å². The van der Waals surface area contributed by atoms with E-state index in [2.05, 4.69) is 31.9 Å². The first-order chi connectivity index (χ1) is 20.8. The van der Waals surface area contributed by atoms with Crippen molar-refractivity contribution in [2.24, 2.45) is 0 Å². The lowest BCUT2D eigenvalue weighted by atomic mass is 10.0. The maximum Gasteiger partial charge on any atom is 0.322 e. The molecule has 0 spiro atoms. The fourth-order valence-electron chi connectivity index (χ4n) is 3.68. The minimum absolute atomic E-state index is 0.0152. The molecule has 0 aliphatic carbocycles. The Kier molecular flexibility index (Phi) is 13.3. The van der Waals surface area contributed by atoms with Crippen LogP contribution in [-0.2, 0) is 35.2 Å². The SMILES string of the molecule is C[C@H](NC(=O)CNC(=O)c1ccccc1)C(=O)N[C@@H](C)C(=O)N[C@@H](Cc1ccc(O)cc1)C(=O)N[C@@H](C)C(=O)NCC(=O)O. The van der Waals surface area contributed by atoms with Crippen LogP contribution >= 0.6 is 0 Å². The van der Waals surface area contributed by atoms with Crippen molar-refractivity contribution in [3.63, 3.8) is 0 Å². The number of hydrogen-bond acceptors (Lipinski definition) is 8. The highest BCUT2D eigenvalue weighted by Gasteiger charge is 2.28. The average molecular weight is 613 g/mol. The van der Waals surface area contributed by atoms with Crippen molar-refractivity contribution in [1.29, 1.82) is 0 Å². The highest BCUT2D eigenvalue weighted by atomic mass is 16.4. The summed E-state index contributed by atoms with van der Waals surface area (Å²) in [4.78, 5) is 85.8. The fraction of sp³-hybridized carbons (Fsp3) is 0.345. The molecule has 15 nitrogen and oxygen atoms in total. The molecule has 44 heavy (non-hydrogen) atoms. The van der Waals surface area contributed by atoms with Crippen LogP contribution in [0.3, 0.4) is 0 Å². The number of carbonyl (C=O) groups excluding carboxylic acids is 6. The predicted octanol–water partition coefficient (Wildman–Crippen LogP) is -1.44. The van der Waals surface area contributed by atoms with Crippen LogP contribution in [0.15, 0.2) is 54.6 Å². The molecule has 0 aromatic heterocycles. The van der Waals surface area contributed by atoms with Crippen molar-refractivity contribution < 1.29 is 43.8 Å². The Bertz CT molecular complexity index is 1350. The van der Waals surface area contributed by atoms with E-state index in [1.54, 1.807) is 30.3 Å². The average Bonchev–Trinajstić information content (AvgIpc) is 2.99. The Balaban J connectivity index is 1.96. The Morgan fingerprint density at radius 2 is 1.18 bits per heavy atom. The van der Waals surface area contributed by atoms with Crippen LogP contribution in [0.4, 0.5) is 0 Å². The summed E-state index contributed by atoms with van der Waals surface area (Å²) in [5.41, 5.74) is 0.915. The third-order valence-corrected chi connectivity index (χ3v) is 6.14. The molecule has 236 valence electrons. The molecule has 2 rings (SSSR count). The van der Waals surface area contributed by atoms with Gasteiger partial charge in [0.2, 0.25) is 29.5 Å². The zero-order valence-electron chi connectivity index (χ0n) is 24.4. The van der Waals surface area contributed by atoms with E-state index >= 15 is 0 Å². The van der Waals surface area contributed by atoms with Gasteiger partial charge < -0.3 is 42.1 Å². The number of rotatable bonds is 15. The van der Waals surface area contributed by atoms with Crippen molar-refractivity contribution in [3.8, 4) is 5.75 Å². The van der Waals surface area contributed by atoms with E-state index < -0.39 is 72.1 Å². The number of phenols is 1. The van der Waals surface area contributed by atoms with Crippen molar-refractivity contribution in [2.75, 3.05) is 13.1 Å². The van der Waals surface area contributed by atoms with E-state index in [1.165, 1.54) is 45.0 Å². The lowest BCUT2D eigenvalue weighted by Gasteiger charge is -2.24. The van der Waals surface area contributed by atoms with E-state index in [1.807, 2.05) is 0 Å². The highest BCUT2D eigenvalue weighted by Crippen LogP contribution is 2.12. The molecule has 6 amide bonds. The number of carboxylic acids is 1. The third kappa shape index (κ3) is 11.8. The second-order valence-corrected chi connectivity index (χ2v) is 9.84. The van der Waals surface area contributed by atoms with Crippen LogP contribution in [0, 0.1) is 0 Å². The first-order valence-corrected chi connectivity index (χ1v) is 13.6. The van der Waals surface area contributed by atoms with Crippen LogP contribution in [-0.4, -0.2) is 88.9 Å². The molecular formula is C29H36N6O9. The van der Waals surface area contributed by atoms with Crippen molar-refractivity contribution in [1.82, 2.24) is 31.9 Å². The van der Waals surface area contributed by atoms with Gasteiger partial charge in [0.05, 0.1) is 6.54 Å². The van der Waals surface area contributed by atoms with Crippen molar-refractivity contribution >= 4 is 41.4 Å². The number of carbonyl (C=O) groups is 7. The summed E-state index contributed by atoms with van der Waals surface area (Å²) in [6.45, 7) is 3.04. The fourth-order valence-corrected chi connectivity index (χ4v) is 3.68. The largest absolute Gasteiger partial charge is 0.508 e.